The molecule has 2 rings (SSSR count). The maximum absolute atomic E-state index is 9.83. The predicted molar refractivity (Wildman–Crippen MR) is 58.8 cm³/mol. The summed E-state index contributed by atoms with van der Waals surface area (Å²) in [6.07, 6.45) is 1.10. The predicted octanol–water partition coefficient (Wildman–Crippen LogP) is 3.31. The van der Waals surface area contributed by atoms with E-state index in [1.165, 1.54) is 0 Å². The summed E-state index contributed by atoms with van der Waals surface area (Å²) in [6, 6.07) is 3.63. The fraction of sp³-hybridized carbons (Fsp3) is 0.400. The van der Waals surface area contributed by atoms with E-state index in [0.29, 0.717) is 17.4 Å². The molecular formula is C10H10BrClO2. The highest BCUT2D eigenvalue weighted by Gasteiger charge is 2.20. The van der Waals surface area contributed by atoms with E-state index in [0.717, 1.165) is 22.9 Å². The second-order valence-corrected chi connectivity index (χ2v) is 4.64. The highest BCUT2D eigenvalue weighted by molar-refractivity contribution is 9.10. The Labute approximate surface area is 96.0 Å². The van der Waals surface area contributed by atoms with Crippen LogP contribution in [0, 0.1) is 0 Å². The van der Waals surface area contributed by atoms with E-state index in [1.54, 1.807) is 6.07 Å². The summed E-state index contributed by atoms with van der Waals surface area (Å²) in [4.78, 5) is 0. The highest BCUT2D eigenvalue weighted by Crippen LogP contribution is 2.39. The molecule has 1 N–H and O–H groups in total. The smallest absolute Gasteiger partial charge is 0.143 e. The van der Waals surface area contributed by atoms with Crippen LogP contribution in [0.2, 0.25) is 5.02 Å². The molecule has 0 aromatic heterocycles. The van der Waals surface area contributed by atoms with E-state index in [2.05, 4.69) is 15.9 Å². The van der Waals surface area contributed by atoms with Crippen LogP contribution in [-0.2, 0) is 0 Å². The number of hydrogen-bond donors (Lipinski definition) is 1. The summed E-state index contributed by atoms with van der Waals surface area (Å²) in [7, 11) is 0. The molecule has 4 heteroatoms. The summed E-state index contributed by atoms with van der Waals surface area (Å²) in [6.45, 7) is 0.616. The SMILES string of the molecule is O[C@H]1CCCOc2c(Cl)cc(Br)cc21. The van der Waals surface area contributed by atoms with E-state index in [1.807, 2.05) is 6.07 Å². The lowest BCUT2D eigenvalue weighted by atomic mass is 10.1. The maximum Gasteiger partial charge on any atom is 0.143 e. The first-order valence-corrected chi connectivity index (χ1v) is 5.65. The van der Waals surface area contributed by atoms with Crippen LogP contribution in [0.3, 0.4) is 0 Å². The van der Waals surface area contributed by atoms with Crippen LogP contribution in [0.5, 0.6) is 5.75 Å². The normalized spacial score (nSPS) is 20.9. The van der Waals surface area contributed by atoms with Crippen LogP contribution in [0.1, 0.15) is 24.5 Å². The van der Waals surface area contributed by atoms with E-state index in [-0.39, 0.29) is 0 Å². The van der Waals surface area contributed by atoms with Gasteiger partial charge < -0.3 is 9.84 Å². The van der Waals surface area contributed by atoms with Crippen molar-refractivity contribution in [2.75, 3.05) is 6.61 Å². The average Bonchev–Trinajstić information content (AvgIpc) is 2.29. The molecule has 0 unspecified atom stereocenters. The number of rotatable bonds is 0. The van der Waals surface area contributed by atoms with Crippen LogP contribution in [-0.4, -0.2) is 11.7 Å². The van der Waals surface area contributed by atoms with Gasteiger partial charge in [-0.15, -0.1) is 0 Å². The quantitative estimate of drug-likeness (QED) is 0.788. The first-order valence-electron chi connectivity index (χ1n) is 4.48. The molecule has 76 valence electrons. The van der Waals surface area contributed by atoms with Gasteiger partial charge in [0.05, 0.1) is 17.7 Å². The van der Waals surface area contributed by atoms with Gasteiger partial charge in [0.1, 0.15) is 5.75 Å². The topological polar surface area (TPSA) is 29.5 Å². The van der Waals surface area contributed by atoms with Crippen LogP contribution in [0.25, 0.3) is 0 Å². The minimum absolute atomic E-state index is 0.470. The molecule has 1 heterocycles. The van der Waals surface area contributed by atoms with Crippen molar-refractivity contribution in [1.29, 1.82) is 0 Å². The molecule has 0 aliphatic carbocycles. The third kappa shape index (κ3) is 1.90. The van der Waals surface area contributed by atoms with Crippen LogP contribution in [0.4, 0.5) is 0 Å². The maximum atomic E-state index is 9.83. The Bertz CT molecular complexity index is 354. The van der Waals surface area contributed by atoms with Gasteiger partial charge >= 0.3 is 0 Å². The number of hydrogen-bond acceptors (Lipinski definition) is 2. The monoisotopic (exact) mass is 276 g/mol. The number of ether oxygens (including phenoxy) is 1. The lowest BCUT2D eigenvalue weighted by molar-refractivity contribution is 0.167. The standard InChI is InChI=1S/C10H10BrClO2/c11-6-4-7-9(13)2-1-3-14-10(7)8(12)5-6/h4-5,9,13H,1-3H2/t9-/m0/s1. The summed E-state index contributed by atoms with van der Waals surface area (Å²) < 4.78 is 6.36. The van der Waals surface area contributed by atoms with Gasteiger partial charge in [-0.3, -0.25) is 0 Å². The van der Waals surface area contributed by atoms with E-state index in [4.69, 9.17) is 16.3 Å². The van der Waals surface area contributed by atoms with Gasteiger partial charge in [-0.2, -0.15) is 0 Å². The van der Waals surface area contributed by atoms with Crippen LogP contribution in [0.15, 0.2) is 16.6 Å². The Hall–Kier alpha value is -0.250. The molecule has 1 atom stereocenters. The fourth-order valence-electron chi connectivity index (χ4n) is 1.59. The second-order valence-electron chi connectivity index (χ2n) is 3.31. The molecule has 1 aromatic carbocycles. The lowest BCUT2D eigenvalue weighted by Crippen LogP contribution is -1.97. The Morgan fingerprint density at radius 3 is 3.07 bits per heavy atom. The van der Waals surface area contributed by atoms with Gasteiger partial charge in [0.25, 0.3) is 0 Å². The first kappa shape index (κ1) is 10.3. The van der Waals surface area contributed by atoms with Gasteiger partial charge in [-0.05, 0) is 25.0 Å². The number of fused-ring (bicyclic) bond motifs is 1. The highest BCUT2D eigenvalue weighted by atomic mass is 79.9. The van der Waals surface area contributed by atoms with E-state index in [9.17, 15) is 5.11 Å². The summed E-state index contributed by atoms with van der Waals surface area (Å²) in [5.41, 5.74) is 0.780. The van der Waals surface area contributed by atoms with Crippen molar-refractivity contribution in [3.63, 3.8) is 0 Å². The van der Waals surface area contributed by atoms with Gasteiger partial charge in [-0.1, -0.05) is 27.5 Å². The number of halogens is 2. The van der Waals surface area contributed by atoms with E-state index < -0.39 is 6.10 Å². The largest absolute Gasteiger partial charge is 0.492 e. The van der Waals surface area contributed by atoms with Crippen molar-refractivity contribution in [3.8, 4) is 5.75 Å². The molecule has 0 saturated carbocycles. The minimum atomic E-state index is -0.470. The third-order valence-electron chi connectivity index (χ3n) is 2.26. The second kappa shape index (κ2) is 4.09. The zero-order valence-corrected chi connectivity index (χ0v) is 9.81. The minimum Gasteiger partial charge on any atom is -0.492 e. The molecule has 0 fully saturated rings. The van der Waals surface area contributed by atoms with Crippen molar-refractivity contribution >= 4 is 27.5 Å². The molecule has 1 aliphatic rings. The molecule has 1 aromatic rings. The van der Waals surface area contributed by atoms with Crippen molar-refractivity contribution in [2.24, 2.45) is 0 Å². The summed E-state index contributed by atoms with van der Waals surface area (Å²) in [5, 5.41) is 10.4. The molecule has 1 aliphatic heterocycles. The Morgan fingerprint density at radius 1 is 1.50 bits per heavy atom. The van der Waals surface area contributed by atoms with Crippen molar-refractivity contribution in [1.82, 2.24) is 0 Å². The molecule has 0 radical (unpaired) electrons. The zero-order chi connectivity index (χ0) is 10.1. The third-order valence-corrected chi connectivity index (χ3v) is 3.00. The Balaban J connectivity index is 2.53. The zero-order valence-electron chi connectivity index (χ0n) is 7.46. The van der Waals surface area contributed by atoms with Gasteiger partial charge in [-0.25, -0.2) is 0 Å². The molecule has 0 bridgehead atoms. The first-order chi connectivity index (χ1) is 6.68. The molecule has 0 amide bonds. The summed E-state index contributed by atoms with van der Waals surface area (Å²) >= 11 is 9.36. The summed E-state index contributed by atoms with van der Waals surface area (Å²) in [5.74, 6) is 0.625. The molecule has 0 saturated heterocycles. The van der Waals surface area contributed by atoms with Crippen molar-refractivity contribution < 1.29 is 9.84 Å². The van der Waals surface area contributed by atoms with E-state index >= 15 is 0 Å². The van der Waals surface area contributed by atoms with Crippen molar-refractivity contribution in [3.05, 3.63) is 27.2 Å². The van der Waals surface area contributed by atoms with Crippen LogP contribution >= 0.6 is 27.5 Å². The number of aliphatic hydroxyl groups excluding tert-OH is 1. The molecule has 2 nitrogen and oxygen atoms in total. The van der Waals surface area contributed by atoms with Crippen molar-refractivity contribution in [2.45, 2.75) is 18.9 Å². The number of aliphatic hydroxyl groups is 1. The van der Waals surface area contributed by atoms with Crippen LogP contribution < -0.4 is 4.74 Å². The lowest BCUT2D eigenvalue weighted by Gasteiger charge is -2.12. The number of benzene rings is 1. The van der Waals surface area contributed by atoms with Gasteiger partial charge in [0.2, 0.25) is 0 Å². The Kier molecular flexibility index (Phi) is 3.00. The molecular weight excluding hydrogens is 267 g/mol. The average molecular weight is 278 g/mol. The molecule has 0 spiro atoms. The molecule has 14 heavy (non-hydrogen) atoms. The van der Waals surface area contributed by atoms with Gasteiger partial charge in [0, 0.05) is 10.0 Å². The Morgan fingerprint density at radius 2 is 2.29 bits per heavy atom. The van der Waals surface area contributed by atoms with Gasteiger partial charge in [0.15, 0.2) is 0 Å². The fourth-order valence-corrected chi connectivity index (χ4v) is 2.48.